The number of ether oxygens (including phenoxy) is 4. The number of para-hydroxylation sites is 2. The van der Waals surface area contributed by atoms with Crippen LogP contribution in [-0.2, 0) is 5.41 Å². The molecule has 3 aromatic carbocycles. The average Bonchev–Trinajstić information content (AvgIpc) is 2.89. The van der Waals surface area contributed by atoms with Crippen LogP contribution >= 0.6 is 0 Å². The molecule has 1 aromatic heterocycles. The molecule has 37 heavy (non-hydrogen) atoms. The Hall–Kier alpha value is -4.26. The molecule has 7 nitrogen and oxygen atoms in total. The van der Waals surface area contributed by atoms with Crippen LogP contribution in [-0.4, -0.2) is 42.5 Å². The summed E-state index contributed by atoms with van der Waals surface area (Å²) in [6, 6.07) is 22.1. The highest BCUT2D eigenvalue weighted by Crippen LogP contribution is 2.33. The normalized spacial score (nSPS) is 11.2. The van der Waals surface area contributed by atoms with Gasteiger partial charge in [-0.1, -0.05) is 57.2 Å². The largest absolute Gasteiger partial charge is 0.489 e. The number of hydrogen-bond acceptors (Lipinski definition) is 6. The fourth-order valence-corrected chi connectivity index (χ4v) is 3.77. The van der Waals surface area contributed by atoms with Crippen molar-refractivity contribution in [2.45, 2.75) is 26.2 Å². The van der Waals surface area contributed by atoms with E-state index in [-0.39, 0.29) is 24.2 Å². The van der Waals surface area contributed by atoms with Gasteiger partial charge < -0.3 is 24.1 Å². The molecule has 1 N–H and O–H groups in total. The van der Waals surface area contributed by atoms with Crippen molar-refractivity contribution in [2.24, 2.45) is 0 Å². The summed E-state index contributed by atoms with van der Waals surface area (Å²) in [5, 5.41) is 10.3. The van der Waals surface area contributed by atoms with E-state index in [2.05, 4.69) is 25.8 Å². The van der Waals surface area contributed by atoms with Crippen LogP contribution in [0.3, 0.4) is 0 Å². The van der Waals surface area contributed by atoms with Crippen molar-refractivity contribution < 1.29 is 28.8 Å². The van der Waals surface area contributed by atoms with E-state index in [4.69, 9.17) is 18.9 Å². The molecular formula is C30H31NO6. The summed E-state index contributed by atoms with van der Waals surface area (Å²) in [7, 11) is 0. The lowest BCUT2D eigenvalue weighted by molar-refractivity contribution is 0.0691. The van der Waals surface area contributed by atoms with Crippen LogP contribution in [0, 0.1) is 0 Å². The first-order valence-electron chi connectivity index (χ1n) is 12.1. The molecule has 4 rings (SSSR count). The van der Waals surface area contributed by atoms with Gasteiger partial charge in [0.25, 0.3) is 0 Å². The number of hydrogen-bond donors (Lipinski definition) is 1. The number of benzene rings is 3. The highest BCUT2D eigenvalue weighted by atomic mass is 16.6. The Bertz CT molecular complexity index is 1360. The van der Waals surface area contributed by atoms with Gasteiger partial charge in [-0.2, -0.15) is 0 Å². The van der Waals surface area contributed by atoms with E-state index >= 15 is 0 Å². The highest BCUT2D eigenvalue weighted by Gasteiger charge is 2.17. The third kappa shape index (κ3) is 6.70. The monoisotopic (exact) mass is 501 g/mol. The molecule has 0 unspecified atom stereocenters. The highest BCUT2D eigenvalue weighted by molar-refractivity contribution is 5.90. The van der Waals surface area contributed by atoms with Gasteiger partial charge in [0.05, 0.1) is 0 Å². The van der Waals surface area contributed by atoms with Gasteiger partial charge in [0.15, 0.2) is 11.5 Å². The Labute approximate surface area is 216 Å². The van der Waals surface area contributed by atoms with E-state index in [1.54, 1.807) is 24.4 Å². The van der Waals surface area contributed by atoms with Gasteiger partial charge in [0.2, 0.25) is 0 Å². The Morgan fingerprint density at radius 3 is 2.08 bits per heavy atom. The summed E-state index contributed by atoms with van der Waals surface area (Å²) < 4.78 is 23.6. The predicted octanol–water partition coefficient (Wildman–Crippen LogP) is 6.15. The Morgan fingerprint density at radius 1 is 0.730 bits per heavy atom. The summed E-state index contributed by atoms with van der Waals surface area (Å²) in [5.41, 5.74) is 1.97. The number of carboxylic acids is 1. The van der Waals surface area contributed by atoms with Crippen molar-refractivity contribution >= 4 is 16.9 Å². The number of fused-ring (bicyclic) bond motifs is 1. The van der Waals surface area contributed by atoms with Crippen LogP contribution in [0.5, 0.6) is 23.0 Å². The number of rotatable bonds is 11. The van der Waals surface area contributed by atoms with Gasteiger partial charge in [0, 0.05) is 11.6 Å². The Kier molecular flexibility index (Phi) is 8.13. The van der Waals surface area contributed by atoms with E-state index in [1.807, 2.05) is 48.5 Å². The first-order chi connectivity index (χ1) is 17.8. The number of aromatic nitrogens is 1. The maximum absolute atomic E-state index is 11.4. The topological polar surface area (TPSA) is 87.1 Å². The van der Waals surface area contributed by atoms with Gasteiger partial charge in [-0.25, -0.2) is 4.79 Å². The summed E-state index contributed by atoms with van der Waals surface area (Å²) in [4.78, 5) is 15.8. The summed E-state index contributed by atoms with van der Waals surface area (Å²) >= 11 is 0. The summed E-state index contributed by atoms with van der Waals surface area (Å²) in [6.45, 7) is 7.46. The number of carbonyl (C=O) groups is 1. The molecule has 0 aliphatic heterocycles. The van der Waals surface area contributed by atoms with Gasteiger partial charge in [0.1, 0.15) is 49.0 Å². The third-order valence-corrected chi connectivity index (χ3v) is 5.72. The maximum atomic E-state index is 11.4. The third-order valence-electron chi connectivity index (χ3n) is 5.72. The number of pyridine rings is 1. The lowest BCUT2D eigenvalue weighted by atomic mass is 9.87. The van der Waals surface area contributed by atoms with Crippen LogP contribution in [0.4, 0.5) is 0 Å². The zero-order valence-corrected chi connectivity index (χ0v) is 21.3. The van der Waals surface area contributed by atoms with Crippen molar-refractivity contribution in [2.75, 3.05) is 26.4 Å². The van der Waals surface area contributed by atoms with Crippen LogP contribution in [0.1, 0.15) is 36.7 Å². The van der Waals surface area contributed by atoms with E-state index in [0.29, 0.717) is 36.2 Å². The minimum absolute atomic E-state index is 0.0641. The number of aromatic carboxylic acids is 1. The molecule has 0 spiro atoms. The maximum Gasteiger partial charge on any atom is 0.339 e. The fraction of sp³-hybridized carbons (Fsp3) is 0.267. The van der Waals surface area contributed by atoms with Crippen LogP contribution in [0.2, 0.25) is 0 Å². The molecule has 0 aliphatic carbocycles. The van der Waals surface area contributed by atoms with E-state index in [1.165, 1.54) is 6.07 Å². The molecule has 0 fully saturated rings. The van der Waals surface area contributed by atoms with Crippen molar-refractivity contribution in [3.63, 3.8) is 0 Å². The van der Waals surface area contributed by atoms with E-state index < -0.39 is 5.97 Å². The average molecular weight is 502 g/mol. The van der Waals surface area contributed by atoms with Gasteiger partial charge in [-0.3, -0.25) is 4.98 Å². The summed E-state index contributed by atoms with van der Waals surface area (Å²) in [5.74, 6) is 1.16. The molecule has 7 heteroatoms. The molecule has 0 radical (unpaired) electrons. The van der Waals surface area contributed by atoms with Crippen LogP contribution in [0.15, 0.2) is 79.0 Å². The second kappa shape index (κ2) is 11.6. The quantitative estimate of drug-likeness (QED) is 0.247. The molecule has 0 atom stereocenters. The molecule has 0 amide bonds. The molecule has 0 saturated carbocycles. The molecule has 0 aliphatic rings. The first-order valence-corrected chi connectivity index (χ1v) is 12.1. The lowest BCUT2D eigenvalue weighted by Crippen LogP contribution is -2.15. The smallest absolute Gasteiger partial charge is 0.339 e. The number of nitrogens with zero attached hydrogens (tertiary/aromatic N) is 1. The van der Waals surface area contributed by atoms with Crippen molar-refractivity contribution in [3.8, 4) is 23.0 Å². The van der Waals surface area contributed by atoms with E-state index in [9.17, 15) is 9.90 Å². The fourth-order valence-electron chi connectivity index (χ4n) is 3.77. The minimum atomic E-state index is -1.04. The SMILES string of the molecule is CC(C)(C)c1ccc(OCCOc2ccccc2C(=O)O)c(OCCOc2cccc3cccnc23)c1. The second-order valence-electron chi connectivity index (χ2n) is 9.44. The van der Waals surface area contributed by atoms with Crippen LogP contribution < -0.4 is 18.9 Å². The van der Waals surface area contributed by atoms with E-state index in [0.717, 1.165) is 16.5 Å². The standard InChI is InChI=1S/C30H31NO6/c1-30(2,3)22-13-14-25(35-17-16-34-24-11-5-4-10-23(24)29(32)33)27(20-22)37-19-18-36-26-12-6-8-21-9-7-15-31-28(21)26/h4-15,20H,16-19H2,1-3H3,(H,32,33). The Balaban J connectivity index is 1.38. The molecular weight excluding hydrogens is 470 g/mol. The molecule has 0 saturated heterocycles. The van der Waals surface area contributed by atoms with Crippen LogP contribution in [0.25, 0.3) is 10.9 Å². The van der Waals surface area contributed by atoms with Gasteiger partial charge in [-0.15, -0.1) is 0 Å². The molecule has 1 heterocycles. The van der Waals surface area contributed by atoms with Crippen molar-refractivity contribution in [1.82, 2.24) is 4.98 Å². The Morgan fingerprint density at radius 2 is 1.35 bits per heavy atom. The van der Waals surface area contributed by atoms with Gasteiger partial charge in [-0.05, 0) is 47.4 Å². The molecule has 192 valence electrons. The minimum Gasteiger partial charge on any atom is -0.489 e. The number of carboxylic acid groups (broad SMARTS) is 1. The molecule has 0 bridgehead atoms. The molecule has 4 aromatic rings. The first kappa shape index (κ1) is 25.8. The zero-order valence-electron chi connectivity index (χ0n) is 21.3. The predicted molar refractivity (Wildman–Crippen MR) is 142 cm³/mol. The zero-order chi connectivity index (χ0) is 26.3. The lowest BCUT2D eigenvalue weighted by Gasteiger charge is -2.21. The van der Waals surface area contributed by atoms with Crippen molar-refractivity contribution in [3.05, 3.63) is 90.1 Å². The second-order valence-corrected chi connectivity index (χ2v) is 9.44. The van der Waals surface area contributed by atoms with Crippen molar-refractivity contribution in [1.29, 1.82) is 0 Å². The van der Waals surface area contributed by atoms with Gasteiger partial charge >= 0.3 is 5.97 Å². The summed E-state index contributed by atoms with van der Waals surface area (Å²) in [6.07, 6.45) is 1.75.